The normalized spacial score (nSPS) is 12.2. The van der Waals surface area contributed by atoms with Crippen molar-refractivity contribution in [3.05, 3.63) is 65.5 Å². The first-order valence-electron chi connectivity index (χ1n) is 7.91. The fourth-order valence-electron chi connectivity index (χ4n) is 2.56. The van der Waals surface area contributed by atoms with Crippen molar-refractivity contribution in [2.75, 3.05) is 11.9 Å². The number of carbonyl (C=O) groups excluding carboxylic acids is 1. The molecule has 1 amide bonds. The minimum Gasteiger partial charge on any atom is -0.332 e. The van der Waals surface area contributed by atoms with Crippen molar-refractivity contribution in [1.82, 2.24) is 0 Å². The average molecular weight is 315 g/mol. The van der Waals surface area contributed by atoms with Crippen LogP contribution in [0.3, 0.4) is 0 Å². The Labute approximate surface area is 136 Å². The summed E-state index contributed by atoms with van der Waals surface area (Å²) in [6.07, 6.45) is 0. The van der Waals surface area contributed by atoms with Crippen molar-refractivity contribution in [1.29, 1.82) is 0 Å². The third-order valence-electron chi connectivity index (χ3n) is 3.87. The molecule has 4 heteroatoms. The standard InChI is InChI=1S/C19H23FN2O/c1-13(2)19(15-6-8-16(20)9-7-15)21-12-18(23)22-17-10-4-14(3)5-11-17/h4-11,13,19,21H,12H2,1-3H3,(H,22,23)/p+1/t19-/m0/s1. The fourth-order valence-corrected chi connectivity index (χ4v) is 2.56. The molecule has 0 aliphatic heterocycles. The van der Waals surface area contributed by atoms with Gasteiger partial charge in [0.25, 0.3) is 5.91 Å². The number of benzene rings is 2. The van der Waals surface area contributed by atoms with Gasteiger partial charge in [-0.15, -0.1) is 0 Å². The summed E-state index contributed by atoms with van der Waals surface area (Å²) in [5.74, 6) is 0.0580. The Kier molecular flexibility index (Phi) is 5.88. The van der Waals surface area contributed by atoms with Gasteiger partial charge in [-0.3, -0.25) is 4.79 Å². The fraction of sp³-hybridized carbons (Fsp3) is 0.316. The van der Waals surface area contributed by atoms with Gasteiger partial charge in [-0.25, -0.2) is 4.39 Å². The number of nitrogens with one attached hydrogen (secondary N) is 1. The van der Waals surface area contributed by atoms with Crippen molar-refractivity contribution in [3.63, 3.8) is 0 Å². The molecule has 0 radical (unpaired) electrons. The second-order valence-corrected chi connectivity index (χ2v) is 6.18. The highest BCUT2D eigenvalue weighted by Crippen LogP contribution is 2.17. The van der Waals surface area contributed by atoms with Gasteiger partial charge in [-0.2, -0.15) is 0 Å². The van der Waals surface area contributed by atoms with E-state index in [2.05, 4.69) is 19.2 Å². The first-order chi connectivity index (χ1) is 11.0. The molecular formula is C19H24FN2O+. The zero-order valence-corrected chi connectivity index (χ0v) is 13.8. The molecule has 3 N–H and O–H groups in total. The van der Waals surface area contributed by atoms with E-state index in [1.165, 1.54) is 12.1 Å². The third-order valence-corrected chi connectivity index (χ3v) is 3.87. The molecule has 122 valence electrons. The van der Waals surface area contributed by atoms with Gasteiger partial charge in [-0.1, -0.05) is 43.7 Å². The Morgan fingerprint density at radius 1 is 1.09 bits per heavy atom. The molecule has 0 fully saturated rings. The number of quaternary nitrogens is 1. The van der Waals surface area contributed by atoms with Crippen molar-refractivity contribution in [3.8, 4) is 0 Å². The van der Waals surface area contributed by atoms with Gasteiger partial charge in [0.15, 0.2) is 6.54 Å². The Balaban J connectivity index is 1.94. The van der Waals surface area contributed by atoms with Crippen LogP contribution in [-0.2, 0) is 4.79 Å². The van der Waals surface area contributed by atoms with E-state index >= 15 is 0 Å². The lowest BCUT2D eigenvalue weighted by atomic mass is 9.96. The van der Waals surface area contributed by atoms with E-state index in [-0.39, 0.29) is 17.8 Å². The van der Waals surface area contributed by atoms with E-state index < -0.39 is 0 Å². The number of nitrogens with two attached hydrogens (primary N) is 1. The number of halogens is 1. The quantitative estimate of drug-likeness (QED) is 0.845. The van der Waals surface area contributed by atoms with Crippen molar-refractivity contribution < 1.29 is 14.5 Å². The maximum absolute atomic E-state index is 13.1. The van der Waals surface area contributed by atoms with E-state index in [1.807, 2.05) is 36.5 Å². The van der Waals surface area contributed by atoms with E-state index in [0.717, 1.165) is 16.8 Å². The van der Waals surface area contributed by atoms with Crippen molar-refractivity contribution >= 4 is 11.6 Å². The molecule has 2 aromatic rings. The second-order valence-electron chi connectivity index (χ2n) is 6.18. The summed E-state index contributed by atoms with van der Waals surface area (Å²) in [7, 11) is 0. The molecule has 23 heavy (non-hydrogen) atoms. The van der Waals surface area contributed by atoms with Gasteiger partial charge in [0.2, 0.25) is 0 Å². The SMILES string of the molecule is Cc1ccc(NC(=O)C[NH2+][C@H](c2ccc(F)cc2)C(C)C)cc1. The van der Waals surface area contributed by atoms with E-state index in [1.54, 1.807) is 12.1 Å². The van der Waals surface area contributed by atoms with Gasteiger partial charge in [-0.05, 0) is 31.2 Å². The summed E-state index contributed by atoms with van der Waals surface area (Å²) in [6.45, 7) is 6.54. The first-order valence-corrected chi connectivity index (χ1v) is 7.91. The highest BCUT2D eigenvalue weighted by Gasteiger charge is 2.20. The number of hydrogen-bond acceptors (Lipinski definition) is 1. The molecule has 0 saturated heterocycles. The smallest absolute Gasteiger partial charge is 0.279 e. The van der Waals surface area contributed by atoms with Crippen molar-refractivity contribution in [2.45, 2.75) is 26.8 Å². The Bertz CT molecular complexity index is 635. The molecule has 0 aromatic heterocycles. The predicted octanol–water partition coefficient (Wildman–Crippen LogP) is 3.03. The minimum absolute atomic E-state index is 0.0402. The van der Waals surface area contributed by atoms with Crippen LogP contribution >= 0.6 is 0 Å². The molecule has 2 rings (SSSR count). The largest absolute Gasteiger partial charge is 0.332 e. The number of hydrogen-bond donors (Lipinski definition) is 2. The van der Waals surface area contributed by atoms with Gasteiger partial charge in [0.05, 0.1) is 0 Å². The summed E-state index contributed by atoms with van der Waals surface area (Å²) in [5.41, 5.74) is 2.99. The van der Waals surface area contributed by atoms with Crippen LogP contribution in [-0.4, -0.2) is 12.5 Å². The zero-order chi connectivity index (χ0) is 16.8. The average Bonchev–Trinajstić information content (AvgIpc) is 2.51. The number of anilines is 1. The minimum atomic E-state index is -0.242. The van der Waals surface area contributed by atoms with Gasteiger partial charge >= 0.3 is 0 Å². The number of aryl methyl sites for hydroxylation is 1. The first kappa shape index (κ1) is 17.2. The summed E-state index contributed by atoms with van der Waals surface area (Å²) in [4.78, 5) is 12.1. The zero-order valence-electron chi connectivity index (χ0n) is 13.8. The topological polar surface area (TPSA) is 45.7 Å². The maximum Gasteiger partial charge on any atom is 0.279 e. The molecule has 0 spiro atoms. The Morgan fingerprint density at radius 2 is 1.70 bits per heavy atom. The van der Waals surface area contributed by atoms with Gasteiger partial charge < -0.3 is 10.6 Å². The molecule has 0 aliphatic carbocycles. The lowest BCUT2D eigenvalue weighted by Crippen LogP contribution is -2.88. The van der Waals surface area contributed by atoms with E-state index in [4.69, 9.17) is 0 Å². The van der Waals surface area contributed by atoms with Crippen LogP contribution in [0.4, 0.5) is 10.1 Å². The molecule has 0 bridgehead atoms. The summed E-state index contributed by atoms with van der Waals surface area (Å²) >= 11 is 0. The van der Waals surface area contributed by atoms with Crippen LogP contribution in [0.5, 0.6) is 0 Å². The van der Waals surface area contributed by atoms with E-state index in [0.29, 0.717) is 12.5 Å². The van der Waals surface area contributed by atoms with Crippen LogP contribution in [0.2, 0.25) is 0 Å². The van der Waals surface area contributed by atoms with Gasteiger partial charge in [0, 0.05) is 17.2 Å². The molecule has 1 atom stereocenters. The molecule has 0 aliphatic rings. The summed E-state index contributed by atoms with van der Waals surface area (Å²) < 4.78 is 13.1. The molecule has 0 saturated carbocycles. The number of amides is 1. The molecule has 3 nitrogen and oxygen atoms in total. The van der Waals surface area contributed by atoms with Gasteiger partial charge in [0.1, 0.15) is 11.9 Å². The molecule has 2 aromatic carbocycles. The Morgan fingerprint density at radius 3 is 2.26 bits per heavy atom. The highest BCUT2D eigenvalue weighted by molar-refractivity contribution is 5.91. The van der Waals surface area contributed by atoms with Crippen LogP contribution in [0.1, 0.15) is 31.0 Å². The predicted molar refractivity (Wildman–Crippen MR) is 90.6 cm³/mol. The van der Waals surface area contributed by atoms with Crippen LogP contribution in [0.25, 0.3) is 0 Å². The lowest BCUT2D eigenvalue weighted by molar-refractivity contribution is -0.692. The number of carbonyl (C=O) groups is 1. The molecule has 0 unspecified atom stereocenters. The van der Waals surface area contributed by atoms with Crippen LogP contribution < -0.4 is 10.6 Å². The van der Waals surface area contributed by atoms with Crippen LogP contribution in [0, 0.1) is 18.7 Å². The lowest BCUT2D eigenvalue weighted by Gasteiger charge is -2.19. The van der Waals surface area contributed by atoms with E-state index in [9.17, 15) is 9.18 Å². The summed E-state index contributed by atoms with van der Waals surface area (Å²) in [6, 6.07) is 14.3. The number of rotatable bonds is 6. The Hall–Kier alpha value is -2.20. The second kappa shape index (κ2) is 7.88. The highest BCUT2D eigenvalue weighted by atomic mass is 19.1. The molecular weight excluding hydrogens is 291 g/mol. The maximum atomic E-state index is 13.1. The van der Waals surface area contributed by atoms with Crippen LogP contribution in [0.15, 0.2) is 48.5 Å². The molecule has 0 heterocycles. The third kappa shape index (κ3) is 5.18. The van der Waals surface area contributed by atoms with Crippen molar-refractivity contribution in [2.24, 2.45) is 5.92 Å². The monoisotopic (exact) mass is 315 g/mol. The summed E-state index contributed by atoms with van der Waals surface area (Å²) in [5, 5.41) is 4.90.